The molecule has 0 saturated heterocycles. The quantitative estimate of drug-likeness (QED) is 0.805. The van der Waals surface area contributed by atoms with E-state index < -0.39 is 12.1 Å². The van der Waals surface area contributed by atoms with E-state index in [1.807, 2.05) is 44.2 Å². The molecule has 1 amide bonds. The first-order valence-corrected chi connectivity index (χ1v) is 8.77. The number of hydrogen-bond acceptors (Lipinski definition) is 3. The van der Waals surface area contributed by atoms with Crippen molar-refractivity contribution >= 4 is 17.6 Å². The molecule has 0 aliphatic rings. The lowest BCUT2D eigenvalue weighted by atomic mass is 9.87. The van der Waals surface area contributed by atoms with Crippen molar-refractivity contribution in [3.05, 3.63) is 64.7 Å². The smallest absolute Gasteiger partial charge is 0.338 e. The van der Waals surface area contributed by atoms with Crippen LogP contribution in [0.1, 0.15) is 54.7 Å². The number of benzene rings is 2. The third kappa shape index (κ3) is 4.94. The summed E-state index contributed by atoms with van der Waals surface area (Å²) >= 11 is 0. The highest BCUT2D eigenvalue weighted by Gasteiger charge is 2.20. The summed E-state index contributed by atoms with van der Waals surface area (Å²) in [6.45, 7) is 11.8. The number of carbonyl (C=O) groups excluding carboxylic acids is 2. The van der Waals surface area contributed by atoms with Gasteiger partial charge in [-0.3, -0.25) is 4.79 Å². The molecule has 1 atom stereocenters. The Morgan fingerprint density at radius 2 is 1.62 bits per heavy atom. The molecule has 2 rings (SSSR count). The second kappa shape index (κ2) is 7.73. The van der Waals surface area contributed by atoms with E-state index in [9.17, 15) is 9.59 Å². The van der Waals surface area contributed by atoms with E-state index in [-0.39, 0.29) is 11.3 Å². The first-order chi connectivity index (χ1) is 12.1. The lowest BCUT2D eigenvalue weighted by molar-refractivity contribution is -0.123. The van der Waals surface area contributed by atoms with Crippen LogP contribution in [0.25, 0.3) is 0 Å². The van der Waals surface area contributed by atoms with E-state index in [2.05, 4.69) is 26.1 Å². The Hall–Kier alpha value is -2.62. The normalized spacial score (nSPS) is 12.4. The fourth-order valence-electron chi connectivity index (χ4n) is 2.49. The summed E-state index contributed by atoms with van der Waals surface area (Å²) in [4.78, 5) is 24.6. The summed E-state index contributed by atoms with van der Waals surface area (Å²) in [5.74, 6) is -0.854. The SMILES string of the molecule is Cc1ccc(C)c(NC(=O)[C@@H](C)OC(=O)c2ccc(C(C)(C)C)cc2)c1. The molecule has 0 fully saturated rings. The highest BCUT2D eigenvalue weighted by atomic mass is 16.5. The maximum Gasteiger partial charge on any atom is 0.338 e. The van der Waals surface area contributed by atoms with Crippen molar-refractivity contribution in [3.8, 4) is 0 Å². The fraction of sp³-hybridized carbons (Fsp3) is 0.364. The third-order valence-electron chi connectivity index (χ3n) is 4.29. The molecule has 1 N–H and O–H groups in total. The number of amides is 1. The van der Waals surface area contributed by atoms with Gasteiger partial charge in [-0.05, 0) is 61.1 Å². The predicted octanol–water partition coefficient (Wildman–Crippen LogP) is 4.78. The van der Waals surface area contributed by atoms with Gasteiger partial charge in [-0.25, -0.2) is 4.79 Å². The van der Waals surface area contributed by atoms with Crippen LogP contribution in [-0.4, -0.2) is 18.0 Å². The van der Waals surface area contributed by atoms with Gasteiger partial charge in [0.15, 0.2) is 6.10 Å². The van der Waals surface area contributed by atoms with Crippen LogP contribution >= 0.6 is 0 Å². The summed E-state index contributed by atoms with van der Waals surface area (Å²) in [5.41, 5.74) is 4.32. The molecular weight excluding hydrogens is 326 g/mol. The van der Waals surface area contributed by atoms with Gasteiger partial charge in [0.2, 0.25) is 0 Å². The summed E-state index contributed by atoms with van der Waals surface area (Å²) in [6, 6.07) is 13.1. The van der Waals surface area contributed by atoms with Crippen molar-refractivity contribution in [2.24, 2.45) is 0 Å². The number of ether oxygens (including phenoxy) is 1. The van der Waals surface area contributed by atoms with Gasteiger partial charge in [-0.2, -0.15) is 0 Å². The van der Waals surface area contributed by atoms with Crippen LogP contribution in [0.4, 0.5) is 5.69 Å². The van der Waals surface area contributed by atoms with E-state index >= 15 is 0 Å². The predicted molar refractivity (Wildman–Crippen MR) is 105 cm³/mol. The number of esters is 1. The van der Waals surface area contributed by atoms with Gasteiger partial charge in [-0.1, -0.05) is 45.0 Å². The Labute approximate surface area is 155 Å². The highest BCUT2D eigenvalue weighted by molar-refractivity contribution is 5.97. The number of anilines is 1. The third-order valence-corrected chi connectivity index (χ3v) is 4.29. The topological polar surface area (TPSA) is 55.4 Å². The monoisotopic (exact) mass is 353 g/mol. The minimum Gasteiger partial charge on any atom is -0.449 e. The number of hydrogen-bond donors (Lipinski definition) is 1. The molecule has 0 spiro atoms. The molecule has 26 heavy (non-hydrogen) atoms. The largest absolute Gasteiger partial charge is 0.449 e. The van der Waals surface area contributed by atoms with E-state index in [1.165, 1.54) is 0 Å². The zero-order valence-corrected chi connectivity index (χ0v) is 16.3. The van der Waals surface area contributed by atoms with Gasteiger partial charge in [0.25, 0.3) is 5.91 Å². The van der Waals surface area contributed by atoms with Crippen molar-refractivity contribution in [2.45, 2.75) is 53.1 Å². The van der Waals surface area contributed by atoms with E-state index in [0.29, 0.717) is 5.56 Å². The zero-order chi connectivity index (χ0) is 19.5. The second-order valence-electron chi connectivity index (χ2n) is 7.68. The van der Waals surface area contributed by atoms with Crippen molar-refractivity contribution in [2.75, 3.05) is 5.32 Å². The summed E-state index contributed by atoms with van der Waals surface area (Å²) in [5, 5.41) is 2.82. The molecule has 4 nitrogen and oxygen atoms in total. The molecule has 0 aliphatic heterocycles. The maximum atomic E-state index is 12.3. The average Bonchev–Trinajstić information content (AvgIpc) is 2.57. The van der Waals surface area contributed by atoms with Crippen LogP contribution < -0.4 is 5.32 Å². The first-order valence-electron chi connectivity index (χ1n) is 8.77. The minimum atomic E-state index is -0.885. The first kappa shape index (κ1) is 19.7. The Kier molecular flexibility index (Phi) is 5.86. The second-order valence-corrected chi connectivity index (χ2v) is 7.68. The molecule has 0 saturated carbocycles. The Bertz CT molecular complexity index is 801. The van der Waals surface area contributed by atoms with Crippen LogP contribution in [-0.2, 0) is 14.9 Å². The maximum absolute atomic E-state index is 12.3. The van der Waals surface area contributed by atoms with Gasteiger partial charge in [0.1, 0.15) is 0 Å². The Balaban J connectivity index is 2.02. The number of carbonyl (C=O) groups is 2. The molecular formula is C22H27NO3. The molecule has 0 aromatic heterocycles. The zero-order valence-electron chi connectivity index (χ0n) is 16.3. The number of nitrogens with one attached hydrogen (secondary N) is 1. The number of rotatable bonds is 4. The average molecular weight is 353 g/mol. The van der Waals surface area contributed by atoms with Crippen molar-refractivity contribution in [3.63, 3.8) is 0 Å². The fourth-order valence-corrected chi connectivity index (χ4v) is 2.49. The van der Waals surface area contributed by atoms with Crippen molar-refractivity contribution in [1.29, 1.82) is 0 Å². The van der Waals surface area contributed by atoms with Crippen molar-refractivity contribution < 1.29 is 14.3 Å². The van der Waals surface area contributed by atoms with Crippen molar-refractivity contribution in [1.82, 2.24) is 0 Å². The highest BCUT2D eigenvalue weighted by Crippen LogP contribution is 2.22. The van der Waals surface area contributed by atoms with Crippen LogP contribution in [0, 0.1) is 13.8 Å². The molecule has 0 unspecified atom stereocenters. The van der Waals surface area contributed by atoms with Gasteiger partial charge in [-0.15, -0.1) is 0 Å². The van der Waals surface area contributed by atoms with Gasteiger partial charge < -0.3 is 10.1 Å². The Morgan fingerprint density at radius 1 is 1.00 bits per heavy atom. The van der Waals surface area contributed by atoms with Crippen LogP contribution in [0.3, 0.4) is 0 Å². The van der Waals surface area contributed by atoms with Gasteiger partial charge >= 0.3 is 5.97 Å². The molecule has 2 aromatic carbocycles. The molecule has 138 valence electrons. The van der Waals surface area contributed by atoms with E-state index in [4.69, 9.17) is 4.74 Å². The molecule has 4 heteroatoms. The molecule has 0 radical (unpaired) electrons. The summed E-state index contributed by atoms with van der Waals surface area (Å²) in [6.07, 6.45) is -0.885. The van der Waals surface area contributed by atoms with Gasteiger partial charge in [0, 0.05) is 5.69 Å². The molecule has 0 aliphatic carbocycles. The molecule has 2 aromatic rings. The molecule has 0 bridgehead atoms. The number of aryl methyl sites for hydroxylation is 2. The standard InChI is InChI=1S/C22H27NO3/c1-14-7-8-15(2)19(13-14)23-20(24)16(3)26-21(25)17-9-11-18(12-10-17)22(4,5)6/h7-13,16H,1-6H3,(H,23,24)/t16-/m1/s1. The van der Waals surface area contributed by atoms with Gasteiger partial charge in [0.05, 0.1) is 5.56 Å². The van der Waals surface area contributed by atoms with E-state index in [1.54, 1.807) is 19.1 Å². The summed E-state index contributed by atoms with van der Waals surface area (Å²) < 4.78 is 5.32. The summed E-state index contributed by atoms with van der Waals surface area (Å²) in [7, 11) is 0. The minimum absolute atomic E-state index is 0.0152. The lowest BCUT2D eigenvalue weighted by Gasteiger charge is -2.19. The van der Waals surface area contributed by atoms with Crippen LogP contribution in [0.5, 0.6) is 0 Å². The van der Waals surface area contributed by atoms with Crippen LogP contribution in [0.15, 0.2) is 42.5 Å². The molecule has 0 heterocycles. The van der Waals surface area contributed by atoms with Crippen LogP contribution in [0.2, 0.25) is 0 Å². The van der Waals surface area contributed by atoms with E-state index in [0.717, 1.165) is 22.4 Å². The Morgan fingerprint density at radius 3 is 2.19 bits per heavy atom. The lowest BCUT2D eigenvalue weighted by Crippen LogP contribution is -2.30.